The molecule has 8 heteroatoms. The van der Waals surface area contributed by atoms with Crippen LogP contribution in [0.1, 0.15) is 48.6 Å². The minimum absolute atomic E-state index is 0.140. The zero-order valence-corrected chi connectivity index (χ0v) is 24.5. The first-order chi connectivity index (χ1) is 18.2. The van der Waals surface area contributed by atoms with Crippen molar-refractivity contribution in [2.45, 2.75) is 60.1 Å². The van der Waals surface area contributed by atoms with E-state index in [1.54, 1.807) is 20.8 Å². The van der Waals surface area contributed by atoms with E-state index in [-0.39, 0.29) is 6.42 Å². The molecule has 0 saturated heterocycles. The monoisotopic (exact) mass is 556 g/mol. The van der Waals surface area contributed by atoms with Crippen LogP contribution in [0.25, 0.3) is 22.3 Å². The highest BCUT2D eigenvalue weighted by atomic mass is 32.2. The number of carboxylic acid groups (broad SMARTS) is 1. The summed E-state index contributed by atoms with van der Waals surface area (Å²) in [6.07, 6.45) is 1.80. The fraction of sp³-hybridized carbons (Fsp3) is 0.387. The lowest BCUT2D eigenvalue weighted by molar-refractivity contribution is -0.136. The van der Waals surface area contributed by atoms with E-state index in [2.05, 4.69) is 9.62 Å². The van der Waals surface area contributed by atoms with E-state index in [0.717, 1.165) is 45.1 Å². The topological polar surface area (TPSA) is 72.8 Å². The second-order valence-electron chi connectivity index (χ2n) is 10.9. The minimum atomic E-state index is -0.920. The fourth-order valence-corrected chi connectivity index (χ4v) is 5.32. The highest BCUT2D eigenvalue weighted by Crippen LogP contribution is 2.49. The number of nitrogens with one attached hydrogen (secondary N) is 1. The van der Waals surface area contributed by atoms with Gasteiger partial charge in [-0.05, 0) is 87.2 Å². The number of hydrogen-bond acceptors (Lipinski definition) is 5. The molecule has 210 valence electrons. The molecular formula is C31H38F2N2O3S. The van der Waals surface area contributed by atoms with Gasteiger partial charge in [-0.1, -0.05) is 41.8 Å². The van der Waals surface area contributed by atoms with Crippen LogP contribution < -0.4 is 9.62 Å². The largest absolute Gasteiger partial charge is 0.481 e. The van der Waals surface area contributed by atoms with Crippen molar-refractivity contribution >= 4 is 23.6 Å². The quantitative estimate of drug-likeness (QED) is 0.219. The lowest BCUT2D eigenvalue weighted by Gasteiger charge is -2.37. The van der Waals surface area contributed by atoms with Crippen LogP contribution >= 0.6 is 11.9 Å². The van der Waals surface area contributed by atoms with Gasteiger partial charge in [0.25, 0.3) is 0 Å². The summed E-state index contributed by atoms with van der Waals surface area (Å²) in [5.74, 6) is -2.12. The lowest BCUT2D eigenvalue weighted by atomic mass is 9.80. The SMILES string of the molecule is CC(C)(C)O.CSNCCN1Cc2cc(F)cc(F)c2-c2c(C)c(-c3ccc(C)cc3)c(CC(=O)O)c(C)c21. The molecule has 3 aromatic rings. The molecule has 4 rings (SSSR count). The molecule has 1 heterocycles. The van der Waals surface area contributed by atoms with E-state index < -0.39 is 23.2 Å². The molecular weight excluding hydrogens is 518 g/mol. The molecule has 5 nitrogen and oxygen atoms in total. The number of hydrogen-bond donors (Lipinski definition) is 3. The number of halogens is 2. The summed E-state index contributed by atoms with van der Waals surface area (Å²) in [4.78, 5) is 14.0. The molecule has 3 aromatic carbocycles. The van der Waals surface area contributed by atoms with Crippen molar-refractivity contribution in [1.82, 2.24) is 4.72 Å². The number of nitrogens with zero attached hydrogens (tertiary/aromatic N) is 1. The number of benzene rings is 3. The molecule has 0 atom stereocenters. The third-order valence-electron chi connectivity index (χ3n) is 6.46. The molecule has 1 aliphatic heterocycles. The van der Waals surface area contributed by atoms with E-state index in [0.29, 0.717) is 36.3 Å². The van der Waals surface area contributed by atoms with Crippen LogP contribution in [-0.4, -0.2) is 41.1 Å². The van der Waals surface area contributed by atoms with Crippen molar-refractivity contribution in [3.05, 3.63) is 75.8 Å². The standard InChI is InChI=1S/C27H28F2N2O2S.C4H10O/c1-15-5-7-18(8-6-15)24-17(3)25-26-19(11-20(28)12-22(26)29)14-31(10-9-30-34-4)27(25)16(2)21(24)13-23(32)33;1-4(2,3)5/h5-8,11-12,30H,9-10,13-14H2,1-4H3,(H,32,33);5H,1-3H3. The maximum atomic E-state index is 15.3. The number of rotatable bonds is 7. The molecule has 0 fully saturated rings. The summed E-state index contributed by atoms with van der Waals surface area (Å²) in [5.41, 5.74) is 7.16. The average molecular weight is 557 g/mol. The van der Waals surface area contributed by atoms with Gasteiger partial charge in [0.05, 0.1) is 12.0 Å². The van der Waals surface area contributed by atoms with Crippen molar-refractivity contribution in [1.29, 1.82) is 0 Å². The molecule has 0 amide bonds. The van der Waals surface area contributed by atoms with Crippen LogP contribution in [0.2, 0.25) is 0 Å². The Labute approximate surface area is 234 Å². The average Bonchev–Trinajstić information content (AvgIpc) is 2.81. The zero-order valence-electron chi connectivity index (χ0n) is 23.7. The second kappa shape index (κ2) is 12.5. The minimum Gasteiger partial charge on any atom is -0.481 e. The van der Waals surface area contributed by atoms with E-state index >= 15 is 4.39 Å². The van der Waals surface area contributed by atoms with Gasteiger partial charge in [-0.25, -0.2) is 8.78 Å². The predicted molar refractivity (Wildman–Crippen MR) is 157 cm³/mol. The van der Waals surface area contributed by atoms with Gasteiger partial charge in [-0.15, -0.1) is 0 Å². The summed E-state index contributed by atoms with van der Waals surface area (Å²) >= 11 is 1.51. The number of carboxylic acids is 1. The van der Waals surface area contributed by atoms with Crippen LogP contribution in [0, 0.1) is 32.4 Å². The van der Waals surface area contributed by atoms with Crippen molar-refractivity contribution in [3.63, 3.8) is 0 Å². The van der Waals surface area contributed by atoms with Crippen LogP contribution in [-0.2, 0) is 17.8 Å². The molecule has 0 aliphatic carbocycles. The summed E-state index contributed by atoms with van der Waals surface area (Å²) in [6, 6.07) is 10.2. The summed E-state index contributed by atoms with van der Waals surface area (Å²) in [5, 5.41) is 18.3. The second-order valence-corrected chi connectivity index (χ2v) is 11.6. The summed E-state index contributed by atoms with van der Waals surface area (Å²) in [6.45, 7) is 12.7. The Kier molecular flexibility index (Phi) is 9.80. The van der Waals surface area contributed by atoms with Crippen molar-refractivity contribution in [2.75, 3.05) is 24.2 Å². The van der Waals surface area contributed by atoms with Gasteiger partial charge >= 0.3 is 5.97 Å². The maximum absolute atomic E-state index is 15.3. The van der Waals surface area contributed by atoms with Crippen LogP contribution in [0.4, 0.5) is 14.5 Å². The van der Waals surface area contributed by atoms with E-state index in [1.165, 1.54) is 18.0 Å². The zero-order chi connectivity index (χ0) is 29.1. The predicted octanol–water partition coefficient (Wildman–Crippen LogP) is 6.82. The Morgan fingerprint density at radius 2 is 1.64 bits per heavy atom. The number of aryl methyl sites for hydroxylation is 1. The molecule has 3 N–H and O–H groups in total. The van der Waals surface area contributed by atoms with E-state index in [9.17, 15) is 14.3 Å². The number of fused-ring (bicyclic) bond motifs is 3. The van der Waals surface area contributed by atoms with Crippen LogP contribution in [0.3, 0.4) is 0 Å². The van der Waals surface area contributed by atoms with Crippen LogP contribution in [0.15, 0.2) is 36.4 Å². The number of carbonyl (C=O) groups is 1. The molecule has 0 spiro atoms. The van der Waals surface area contributed by atoms with Crippen molar-refractivity contribution < 1.29 is 23.8 Å². The van der Waals surface area contributed by atoms with Gasteiger partial charge in [0, 0.05) is 42.5 Å². The highest BCUT2D eigenvalue weighted by molar-refractivity contribution is 7.96. The Bertz CT molecular complexity index is 1350. The number of aliphatic hydroxyl groups is 1. The van der Waals surface area contributed by atoms with Gasteiger partial charge in [0.15, 0.2) is 0 Å². The molecule has 39 heavy (non-hydrogen) atoms. The van der Waals surface area contributed by atoms with E-state index in [4.69, 9.17) is 5.11 Å². The van der Waals surface area contributed by atoms with Gasteiger partial charge in [-0.2, -0.15) is 0 Å². The van der Waals surface area contributed by atoms with Crippen molar-refractivity contribution in [3.8, 4) is 22.3 Å². The fourth-order valence-electron chi connectivity index (χ4n) is 5.02. The highest BCUT2D eigenvalue weighted by Gasteiger charge is 2.32. The normalized spacial score (nSPS) is 12.4. The summed E-state index contributed by atoms with van der Waals surface area (Å²) in [7, 11) is 0. The Morgan fingerprint density at radius 1 is 1.03 bits per heavy atom. The molecule has 0 aromatic heterocycles. The molecule has 1 aliphatic rings. The third-order valence-corrected chi connectivity index (χ3v) is 6.95. The first kappa shape index (κ1) is 30.6. The Morgan fingerprint density at radius 3 is 2.21 bits per heavy atom. The van der Waals surface area contributed by atoms with E-state index in [1.807, 2.05) is 51.3 Å². The van der Waals surface area contributed by atoms with Gasteiger partial charge in [-0.3, -0.25) is 9.52 Å². The van der Waals surface area contributed by atoms with Crippen molar-refractivity contribution in [2.24, 2.45) is 0 Å². The maximum Gasteiger partial charge on any atom is 0.307 e. The van der Waals surface area contributed by atoms with Crippen LogP contribution in [0.5, 0.6) is 0 Å². The number of anilines is 1. The van der Waals surface area contributed by atoms with Gasteiger partial charge < -0.3 is 15.1 Å². The first-order valence-electron chi connectivity index (χ1n) is 12.9. The van der Waals surface area contributed by atoms with Gasteiger partial charge in [0.2, 0.25) is 0 Å². The molecule has 0 saturated carbocycles. The lowest BCUT2D eigenvalue weighted by Crippen LogP contribution is -2.34. The van der Waals surface area contributed by atoms with Gasteiger partial charge in [0.1, 0.15) is 11.6 Å². The summed E-state index contributed by atoms with van der Waals surface area (Å²) < 4.78 is 32.7. The molecule has 0 unspecified atom stereocenters. The Balaban J connectivity index is 0.000000771. The smallest absolute Gasteiger partial charge is 0.307 e. The molecule has 0 radical (unpaired) electrons. The third kappa shape index (κ3) is 7.38. The molecule has 0 bridgehead atoms. The first-order valence-corrected chi connectivity index (χ1v) is 14.1. The number of aliphatic carboxylic acids is 1. The Hall–Kier alpha value is -2.94.